The molecule has 1 aromatic heterocycles. The Kier molecular flexibility index (Phi) is 5.81. The number of rotatable bonds is 3. The maximum Gasteiger partial charge on any atom is 0.250 e. The van der Waals surface area contributed by atoms with Crippen molar-refractivity contribution >= 4 is 24.6 Å². The summed E-state index contributed by atoms with van der Waals surface area (Å²) in [4.78, 5) is 6.40. The summed E-state index contributed by atoms with van der Waals surface area (Å²) < 4.78 is 32.2. The summed E-state index contributed by atoms with van der Waals surface area (Å²) in [7, 11) is 1.99. The normalized spacial score (nSPS) is 19.0. The number of hydrogen-bond acceptors (Lipinski definition) is 5. The van der Waals surface area contributed by atoms with Crippen LogP contribution in [0.5, 0.6) is 0 Å². The van der Waals surface area contributed by atoms with Crippen molar-refractivity contribution in [1.29, 1.82) is 0 Å². The molecule has 5 nitrogen and oxygen atoms in total. The third-order valence-electron chi connectivity index (χ3n) is 3.66. The van der Waals surface area contributed by atoms with Crippen LogP contribution in [0, 0.1) is 11.6 Å². The van der Waals surface area contributed by atoms with Crippen molar-refractivity contribution in [3.63, 3.8) is 0 Å². The first kappa shape index (κ1) is 17.5. The predicted octanol–water partition coefficient (Wildman–Crippen LogP) is 2.52. The molecule has 124 valence electrons. The maximum absolute atomic E-state index is 13.5. The summed E-state index contributed by atoms with van der Waals surface area (Å²) in [5, 5.41) is 7.21. The molecular weight excluding hydrogens is 326 g/mol. The minimum absolute atomic E-state index is 0. The number of nitrogens with zero attached hydrogens (tertiary/aromatic N) is 3. The van der Waals surface area contributed by atoms with Gasteiger partial charge in [0.05, 0.1) is 6.04 Å². The smallest absolute Gasteiger partial charge is 0.250 e. The molecule has 1 atom stereocenters. The van der Waals surface area contributed by atoms with Crippen LogP contribution in [0.15, 0.2) is 22.7 Å². The van der Waals surface area contributed by atoms with Crippen molar-refractivity contribution in [2.24, 2.45) is 0 Å². The van der Waals surface area contributed by atoms with Gasteiger partial charge >= 0.3 is 0 Å². The number of halogens is 3. The molecule has 0 radical (unpaired) electrons. The second-order valence-corrected chi connectivity index (χ2v) is 5.16. The molecule has 1 N–H and O–H groups in total. The van der Waals surface area contributed by atoms with Gasteiger partial charge in [0, 0.05) is 31.3 Å². The number of hydrogen-bond donors (Lipinski definition) is 1. The van der Waals surface area contributed by atoms with Gasteiger partial charge in [0.1, 0.15) is 11.6 Å². The van der Waals surface area contributed by atoms with E-state index in [9.17, 15) is 8.78 Å². The Balaban J connectivity index is 0.00000192. The van der Waals surface area contributed by atoms with E-state index < -0.39 is 11.6 Å². The van der Waals surface area contributed by atoms with Gasteiger partial charge in [0.15, 0.2) is 5.82 Å². The van der Waals surface area contributed by atoms with Crippen molar-refractivity contribution in [2.75, 3.05) is 26.7 Å². The minimum Gasteiger partial charge on any atom is -0.335 e. The number of likely N-dealkylation sites (N-methyl/N-ethyl adjacent to an activating group) is 1. The van der Waals surface area contributed by atoms with Crippen LogP contribution >= 0.6 is 12.4 Å². The summed E-state index contributed by atoms with van der Waals surface area (Å²) in [6.45, 7) is 2.55. The van der Waals surface area contributed by atoms with Crippen molar-refractivity contribution in [3.05, 3.63) is 47.1 Å². The molecule has 1 aliphatic heterocycles. The molecule has 0 spiro atoms. The molecule has 2 aromatic rings. The van der Waals surface area contributed by atoms with E-state index in [1.165, 1.54) is 30.4 Å². The lowest BCUT2D eigenvalue weighted by molar-refractivity contribution is 0.190. The Morgan fingerprint density at radius 3 is 2.74 bits per heavy atom. The summed E-state index contributed by atoms with van der Waals surface area (Å²) in [6, 6.07) is 3.75. The SMILES string of the molecule is CN1CCNCC1c1noc(/C=C/c2c(F)cccc2F)n1.Cl. The quantitative estimate of drug-likeness (QED) is 0.929. The molecule has 1 saturated heterocycles. The van der Waals surface area contributed by atoms with Crippen molar-refractivity contribution < 1.29 is 13.3 Å². The Morgan fingerprint density at radius 2 is 2.04 bits per heavy atom. The number of piperazine rings is 1. The van der Waals surface area contributed by atoms with E-state index in [2.05, 4.69) is 20.4 Å². The fourth-order valence-electron chi connectivity index (χ4n) is 2.37. The highest BCUT2D eigenvalue weighted by atomic mass is 35.5. The Labute approximate surface area is 138 Å². The first-order chi connectivity index (χ1) is 10.6. The molecule has 0 saturated carbocycles. The molecule has 1 aromatic carbocycles. The zero-order chi connectivity index (χ0) is 15.5. The Bertz CT molecular complexity index is 672. The van der Waals surface area contributed by atoms with Gasteiger partial charge in [-0.05, 0) is 25.3 Å². The molecule has 3 rings (SSSR count). The fraction of sp³-hybridized carbons (Fsp3) is 0.333. The summed E-state index contributed by atoms with van der Waals surface area (Å²) in [5.41, 5.74) is -0.126. The third-order valence-corrected chi connectivity index (χ3v) is 3.66. The lowest BCUT2D eigenvalue weighted by Gasteiger charge is -2.30. The van der Waals surface area contributed by atoms with Gasteiger partial charge in [-0.3, -0.25) is 4.90 Å². The summed E-state index contributed by atoms with van der Waals surface area (Å²) >= 11 is 0. The van der Waals surface area contributed by atoms with E-state index in [1.807, 2.05) is 7.05 Å². The maximum atomic E-state index is 13.5. The van der Waals surface area contributed by atoms with E-state index >= 15 is 0 Å². The summed E-state index contributed by atoms with van der Waals surface area (Å²) in [5.74, 6) is -0.487. The number of nitrogens with one attached hydrogen (secondary N) is 1. The number of aromatic nitrogens is 2. The fourth-order valence-corrected chi connectivity index (χ4v) is 2.37. The largest absolute Gasteiger partial charge is 0.335 e. The second-order valence-electron chi connectivity index (χ2n) is 5.16. The number of benzene rings is 1. The first-order valence-corrected chi connectivity index (χ1v) is 7.02. The first-order valence-electron chi connectivity index (χ1n) is 7.02. The topological polar surface area (TPSA) is 54.2 Å². The van der Waals surface area contributed by atoms with Crippen LogP contribution in [0.4, 0.5) is 8.78 Å². The zero-order valence-electron chi connectivity index (χ0n) is 12.5. The van der Waals surface area contributed by atoms with Gasteiger partial charge in [-0.15, -0.1) is 12.4 Å². The highest BCUT2D eigenvalue weighted by molar-refractivity contribution is 5.85. The molecule has 2 heterocycles. The minimum atomic E-state index is -0.632. The lowest BCUT2D eigenvalue weighted by Crippen LogP contribution is -2.44. The molecule has 1 unspecified atom stereocenters. The molecule has 8 heteroatoms. The van der Waals surface area contributed by atoms with Crippen molar-refractivity contribution in [1.82, 2.24) is 20.4 Å². The highest BCUT2D eigenvalue weighted by Gasteiger charge is 2.24. The Morgan fingerprint density at radius 1 is 1.30 bits per heavy atom. The van der Waals surface area contributed by atoms with E-state index in [0.717, 1.165) is 19.6 Å². The predicted molar refractivity (Wildman–Crippen MR) is 85.1 cm³/mol. The van der Waals surface area contributed by atoms with Crippen LogP contribution in [0.25, 0.3) is 12.2 Å². The van der Waals surface area contributed by atoms with Crippen LogP contribution < -0.4 is 5.32 Å². The zero-order valence-corrected chi connectivity index (χ0v) is 13.3. The van der Waals surface area contributed by atoms with Crippen LogP contribution in [0.2, 0.25) is 0 Å². The average Bonchev–Trinajstić information content (AvgIpc) is 2.96. The van der Waals surface area contributed by atoms with Gasteiger partial charge in [0.25, 0.3) is 5.89 Å². The monoisotopic (exact) mass is 342 g/mol. The van der Waals surface area contributed by atoms with Crippen LogP contribution in [-0.2, 0) is 0 Å². The van der Waals surface area contributed by atoms with Gasteiger partial charge in [-0.2, -0.15) is 4.98 Å². The highest BCUT2D eigenvalue weighted by Crippen LogP contribution is 2.19. The van der Waals surface area contributed by atoms with Gasteiger partial charge in [-0.1, -0.05) is 11.2 Å². The van der Waals surface area contributed by atoms with Gasteiger partial charge < -0.3 is 9.84 Å². The second kappa shape index (κ2) is 7.63. The van der Waals surface area contributed by atoms with Crippen molar-refractivity contribution in [3.8, 4) is 0 Å². The molecular formula is C15H17ClF2N4O. The molecule has 0 bridgehead atoms. The molecule has 0 amide bonds. The standard InChI is InChI=1S/C15H16F2N4O.ClH/c1-21-8-7-18-9-13(21)15-19-14(22-20-15)6-5-10-11(16)3-2-4-12(10)17;/h2-6,13,18H,7-9H2,1H3;1H/b6-5+;. The molecule has 1 aliphatic rings. The molecule has 0 aliphatic carbocycles. The van der Waals surface area contributed by atoms with Crippen LogP contribution in [-0.4, -0.2) is 41.7 Å². The lowest BCUT2D eigenvalue weighted by atomic mass is 10.2. The van der Waals surface area contributed by atoms with Crippen molar-refractivity contribution in [2.45, 2.75) is 6.04 Å². The molecule has 23 heavy (non-hydrogen) atoms. The van der Waals surface area contributed by atoms with Crippen LogP contribution in [0.3, 0.4) is 0 Å². The van der Waals surface area contributed by atoms with Gasteiger partial charge in [0.2, 0.25) is 0 Å². The Hall–Kier alpha value is -1.83. The summed E-state index contributed by atoms with van der Waals surface area (Å²) in [6.07, 6.45) is 2.71. The van der Waals surface area contributed by atoms with E-state index in [4.69, 9.17) is 4.52 Å². The van der Waals surface area contributed by atoms with E-state index in [0.29, 0.717) is 5.82 Å². The van der Waals surface area contributed by atoms with Crippen LogP contribution in [0.1, 0.15) is 23.3 Å². The van der Waals surface area contributed by atoms with E-state index in [-0.39, 0.29) is 29.9 Å². The van der Waals surface area contributed by atoms with Gasteiger partial charge in [-0.25, -0.2) is 8.78 Å². The third kappa shape index (κ3) is 3.93. The average molecular weight is 343 g/mol. The molecule has 1 fully saturated rings. The van der Waals surface area contributed by atoms with E-state index in [1.54, 1.807) is 0 Å².